The Kier molecular flexibility index (Phi) is 3.26. The summed E-state index contributed by atoms with van der Waals surface area (Å²) in [7, 11) is 0. The van der Waals surface area contributed by atoms with Gasteiger partial charge in [0.2, 0.25) is 0 Å². The molecule has 0 amide bonds. The van der Waals surface area contributed by atoms with Crippen LogP contribution in [0.2, 0.25) is 0 Å². The smallest absolute Gasteiger partial charge is 0.000978 e. The minimum Gasteiger partial charge on any atom is -0.303 e. The molecule has 1 saturated heterocycles. The Balaban J connectivity index is 1.71. The Morgan fingerprint density at radius 2 is 1.85 bits per heavy atom. The molecule has 0 spiro atoms. The molecular weight excluding hydrogens is 158 g/mol. The van der Waals surface area contributed by atoms with E-state index in [4.69, 9.17) is 0 Å². The molecule has 1 aliphatic carbocycles. The van der Waals surface area contributed by atoms with Gasteiger partial charge in [0.15, 0.2) is 0 Å². The number of nitrogens with zero attached hydrogens (tertiary/aromatic N) is 1. The summed E-state index contributed by atoms with van der Waals surface area (Å²) in [5.41, 5.74) is 0. The monoisotopic (exact) mass is 181 g/mol. The van der Waals surface area contributed by atoms with Gasteiger partial charge >= 0.3 is 0 Å². The maximum absolute atomic E-state index is 2.64. The summed E-state index contributed by atoms with van der Waals surface area (Å²) in [5, 5.41) is 0. The molecule has 0 aromatic heterocycles. The molecule has 76 valence electrons. The SMILES string of the molecule is CCC1CCCC(CN2CCC2)C1. The van der Waals surface area contributed by atoms with Gasteiger partial charge in [0.05, 0.1) is 0 Å². The Morgan fingerprint density at radius 3 is 2.46 bits per heavy atom. The van der Waals surface area contributed by atoms with Crippen molar-refractivity contribution in [3.63, 3.8) is 0 Å². The third kappa shape index (κ3) is 2.46. The third-order valence-corrected chi connectivity index (χ3v) is 3.93. The zero-order valence-electron chi connectivity index (χ0n) is 8.97. The summed E-state index contributed by atoms with van der Waals surface area (Å²) < 4.78 is 0. The summed E-state index contributed by atoms with van der Waals surface area (Å²) in [6.45, 7) is 6.54. The molecular formula is C12H23N. The summed E-state index contributed by atoms with van der Waals surface area (Å²) in [4.78, 5) is 2.64. The lowest BCUT2D eigenvalue weighted by Gasteiger charge is -2.37. The fourth-order valence-electron chi connectivity index (χ4n) is 2.87. The normalized spacial score (nSPS) is 35.8. The van der Waals surface area contributed by atoms with Gasteiger partial charge in [-0.1, -0.05) is 26.2 Å². The van der Waals surface area contributed by atoms with E-state index in [2.05, 4.69) is 11.8 Å². The second kappa shape index (κ2) is 4.45. The molecule has 1 aliphatic heterocycles. The summed E-state index contributed by atoms with van der Waals surface area (Å²) in [6.07, 6.45) is 8.89. The van der Waals surface area contributed by atoms with Gasteiger partial charge in [-0.2, -0.15) is 0 Å². The van der Waals surface area contributed by atoms with Crippen molar-refractivity contribution >= 4 is 0 Å². The van der Waals surface area contributed by atoms with Crippen LogP contribution in [-0.4, -0.2) is 24.5 Å². The lowest BCUT2D eigenvalue weighted by atomic mass is 9.80. The van der Waals surface area contributed by atoms with Gasteiger partial charge < -0.3 is 4.90 Å². The topological polar surface area (TPSA) is 3.24 Å². The second-order valence-electron chi connectivity index (χ2n) is 4.96. The quantitative estimate of drug-likeness (QED) is 0.647. The van der Waals surface area contributed by atoms with Crippen molar-refractivity contribution in [1.29, 1.82) is 0 Å². The largest absolute Gasteiger partial charge is 0.303 e. The van der Waals surface area contributed by atoms with Crippen molar-refractivity contribution in [2.75, 3.05) is 19.6 Å². The highest BCUT2D eigenvalue weighted by Gasteiger charge is 2.24. The highest BCUT2D eigenvalue weighted by atomic mass is 15.2. The maximum Gasteiger partial charge on any atom is 0.000978 e. The van der Waals surface area contributed by atoms with Gasteiger partial charge in [0, 0.05) is 6.54 Å². The van der Waals surface area contributed by atoms with Crippen molar-refractivity contribution in [1.82, 2.24) is 4.90 Å². The fourth-order valence-corrected chi connectivity index (χ4v) is 2.87. The summed E-state index contributed by atoms with van der Waals surface area (Å²) in [6, 6.07) is 0. The van der Waals surface area contributed by atoms with E-state index in [-0.39, 0.29) is 0 Å². The summed E-state index contributed by atoms with van der Waals surface area (Å²) >= 11 is 0. The van der Waals surface area contributed by atoms with E-state index >= 15 is 0 Å². The second-order valence-corrected chi connectivity index (χ2v) is 4.96. The van der Waals surface area contributed by atoms with E-state index in [1.165, 1.54) is 58.2 Å². The first-order chi connectivity index (χ1) is 6.38. The molecule has 0 N–H and O–H groups in total. The first-order valence-electron chi connectivity index (χ1n) is 6.11. The Bertz CT molecular complexity index is 149. The molecule has 1 heteroatoms. The first kappa shape index (κ1) is 9.51. The molecule has 1 heterocycles. The van der Waals surface area contributed by atoms with Crippen LogP contribution < -0.4 is 0 Å². The highest BCUT2D eigenvalue weighted by Crippen LogP contribution is 2.31. The number of hydrogen-bond acceptors (Lipinski definition) is 1. The van der Waals surface area contributed by atoms with Crippen LogP contribution in [0, 0.1) is 11.8 Å². The molecule has 1 nitrogen and oxygen atoms in total. The Hall–Kier alpha value is -0.0400. The number of likely N-dealkylation sites (tertiary alicyclic amines) is 1. The third-order valence-electron chi connectivity index (χ3n) is 3.93. The first-order valence-corrected chi connectivity index (χ1v) is 6.11. The zero-order chi connectivity index (χ0) is 9.10. The maximum atomic E-state index is 2.64. The molecule has 2 atom stereocenters. The molecule has 0 radical (unpaired) electrons. The van der Waals surface area contributed by atoms with Crippen LogP contribution >= 0.6 is 0 Å². The molecule has 2 aliphatic rings. The predicted molar refractivity (Wildman–Crippen MR) is 56.8 cm³/mol. The van der Waals surface area contributed by atoms with Gasteiger partial charge in [0.25, 0.3) is 0 Å². The van der Waals surface area contributed by atoms with E-state index in [1.807, 2.05) is 0 Å². The number of hydrogen-bond donors (Lipinski definition) is 0. The molecule has 2 fully saturated rings. The van der Waals surface area contributed by atoms with E-state index in [1.54, 1.807) is 0 Å². The molecule has 2 rings (SSSR count). The van der Waals surface area contributed by atoms with Gasteiger partial charge in [-0.05, 0) is 44.2 Å². The van der Waals surface area contributed by atoms with Crippen LogP contribution in [-0.2, 0) is 0 Å². The highest BCUT2D eigenvalue weighted by molar-refractivity contribution is 4.78. The number of rotatable bonds is 3. The van der Waals surface area contributed by atoms with Gasteiger partial charge in [-0.3, -0.25) is 0 Å². The van der Waals surface area contributed by atoms with E-state index < -0.39 is 0 Å². The van der Waals surface area contributed by atoms with Crippen LogP contribution in [0.4, 0.5) is 0 Å². The molecule has 0 aromatic carbocycles. The molecule has 13 heavy (non-hydrogen) atoms. The average Bonchev–Trinajstić information content (AvgIpc) is 2.12. The van der Waals surface area contributed by atoms with Crippen LogP contribution in [0.25, 0.3) is 0 Å². The summed E-state index contributed by atoms with van der Waals surface area (Å²) in [5.74, 6) is 2.10. The molecule has 2 unspecified atom stereocenters. The Morgan fingerprint density at radius 1 is 1.08 bits per heavy atom. The van der Waals surface area contributed by atoms with E-state index in [0.29, 0.717) is 0 Å². The van der Waals surface area contributed by atoms with Crippen molar-refractivity contribution in [3.8, 4) is 0 Å². The van der Waals surface area contributed by atoms with Crippen molar-refractivity contribution < 1.29 is 0 Å². The van der Waals surface area contributed by atoms with Crippen LogP contribution in [0.1, 0.15) is 45.4 Å². The minimum atomic E-state index is 1.04. The van der Waals surface area contributed by atoms with Crippen LogP contribution in [0.3, 0.4) is 0 Å². The van der Waals surface area contributed by atoms with Crippen LogP contribution in [0.15, 0.2) is 0 Å². The van der Waals surface area contributed by atoms with E-state index in [9.17, 15) is 0 Å². The fraction of sp³-hybridized carbons (Fsp3) is 1.00. The lowest BCUT2D eigenvalue weighted by Crippen LogP contribution is -2.41. The van der Waals surface area contributed by atoms with Crippen LogP contribution in [0.5, 0.6) is 0 Å². The standard InChI is InChI=1S/C12H23N/c1-2-11-5-3-6-12(9-11)10-13-7-4-8-13/h11-12H,2-10H2,1H3. The molecule has 0 bridgehead atoms. The van der Waals surface area contributed by atoms with E-state index in [0.717, 1.165) is 11.8 Å². The minimum absolute atomic E-state index is 1.04. The average molecular weight is 181 g/mol. The molecule has 0 aromatic rings. The van der Waals surface area contributed by atoms with Crippen molar-refractivity contribution in [2.45, 2.75) is 45.4 Å². The van der Waals surface area contributed by atoms with Gasteiger partial charge in [-0.15, -0.1) is 0 Å². The molecule has 1 saturated carbocycles. The predicted octanol–water partition coefficient (Wildman–Crippen LogP) is 2.91. The van der Waals surface area contributed by atoms with Gasteiger partial charge in [0.1, 0.15) is 0 Å². The lowest BCUT2D eigenvalue weighted by molar-refractivity contribution is 0.121. The Labute approximate surface area is 82.5 Å². The van der Waals surface area contributed by atoms with Gasteiger partial charge in [-0.25, -0.2) is 0 Å². The zero-order valence-corrected chi connectivity index (χ0v) is 8.97. The van der Waals surface area contributed by atoms with Crippen molar-refractivity contribution in [3.05, 3.63) is 0 Å². The van der Waals surface area contributed by atoms with Crippen molar-refractivity contribution in [2.24, 2.45) is 11.8 Å².